The van der Waals surface area contributed by atoms with Crippen molar-refractivity contribution in [2.75, 3.05) is 11.9 Å². The van der Waals surface area contributed by atoms with Gasteiger partial charge in [0.2, 0.25) is 11.8 Å². The minimum atomic E-state index is -0.508. The van der Waals surface area contributed by atoms with E-state index in [2.05, 4.69) is 41.6 Å². The summed E-state index contributed by atoms with van der Waals surface area (Å²) >= 11 is 0. The van der Waals surface area contributed by atoms with Gasteiger partial charge in [-0.05, 0) is 0 Å². The fourth-order valence-corrected chi connectivity index (χ4v) is 1.38. The van der Waals surface area contributed by atoms with Crippen LogP contribution in [0, 0.1) is 5.41 Å². The molecule has 3 N–H and O–H groups in total. The summed E-state index contributed by atoms with van der Waals surface area (Å²) in [6.07, 6.45) is 0. The van der Waals surface area contributed by atoms with Crippen molar-refractivity contribution in [2.24, 2.45) is 5.41 Å². The number of aromatic nitrogens is 2. The van der Waals surface area contributed by atoms with Crippen molar-refractivity contribution in [1.82, 2.24) is 15.5 Å². The van der Waals surface area contributed by atoms with Gasteiger partial charge in [-0.25, -0.2) is 0 Å². The highest BCUT2D eigenvalue weighted by molar-refractivity contribution is 5.94. The van der Waals surface area contributed by atoms with Crippen LogP contribution in [0.4, 0.5) is 5.82 Å². The molecule has 0 saturated heterocycles. The summed E-state index contributed by atoms with van der Waals surface area (Å²) in [6, 6.07) is 1.80. The van der Waals surface area contributed by atoms with E-state index >= 15 is 0 Å². The zero-order chi connectivity index (χ0) is 15.6. The molecule has 0 bridgehead atoms. The molecule has 0 radical (unpaired) electrons. The average molecular weight is 280 g/mol. The van der Waals surface area contributed by atoms with Crippen LogP contribution in [0.25, 0.3) is 0 Å². The molecule has 0 aromatic carbocycles. The Morgan fingerprint density at radius 3 is 2.25 bits per heavy atom. The second-order valence-electron chi connectivity index (χ2n) is 6.90. The molecule has 0 spiro atoms. The van der Waals surface area contributed by atoms with Crippen molar-refractivity contribution in [2.45, 2.75) is 47.0 Å². The van der Waals surface area contributed by atoms with E-state index in [0.717, 1.165) is 5.69 Å². The molecule has 0 atom stereocenters. The van der Waals surface area contributed by atoms with E-state index in [1.165, 1.54) is 0 Å². The first-order chi connectivity index (χ1) is 9.00. The number of carbonyl (C=O) groups is 2. The zero-order valence-corrected chi connectivity index (χ0v) is 13.0. The van der Waals surface area contributed by atoms with Crippen molar-refractivity contribution in [3.63, 3.8) is 0 Å². The SMILES string of the molecule is CC(C)(C)C(=O)NCC(=O)Nc1cc(C(C)(C)C)[nH]n1. The van der Waals surface area contributed by atoms with Crippen LogP contribution in [-0.4, -0.2) is 28.6 Å². The van der Waals surface area contributed by atoms with E-state index in [9.17, 15) is 9.59 Å². The van der Waals surface area contributed by atoms with Gasteiger partial charge in [-0.1, -0.05) is 41.5 Å². The quantitative estimate of drug-likeness (QED) is 0.789. The molecule has 1 heterocycles. The third-order valence-electron chi connectivity index (χ3n) is 2.74. The Labute approximate surface area is 119 Å². The highest BCUT2D eigenvalue weighted by Gasteiger charge is 2.22. The number of H-pyrrole nitrogens is 1. The first-order valence-corrected chi connectivity index (χ1v) is 6.64. The van der Waals surface area contributed by atoms with Crippen molar-refractivity contribution < 1.29 is 9.59 Å². The van der Waals surface area contributed by atoms with Crippen LogP contribution in [-0.2, 0) is 15.0 Å². The van der Waals surface area contributed by atoms with E-state index in [0.29, 0.717) is 5.82 Å². The summed E-state index contributed by atoms with van der Waals surface area (Å²) in [7, 11) is 0. The van der Waals surface area contributed by atoms with Crippen molar-refractivity contribution in [1.29, 1.82) is 0 Å². The molecule has 0 aliphatic carbocycles. The topological polar surface area (TPSA) is 86.9 Å². The van der Waals surface area contributed by atoms with E-state index in [4.69, 9.17) is 0 Å². The maximum Gasteiger partial charge on any atom is 0.244 e. The van der Waals surface area contributed by atoms with Gasteiger partial charge in [0, 0.05) is 22.6 Å². The Hall–Kier alpha value is -1.85. The van der Waals surface area contributed by atoms with E-state index in [1.54, 1.807) is 26.8 Å². The summed E-state index contributed by atoms with van der Waals surface area (Å²) in [5, 5.41) is 12.2. The zero-order valence-electron chi connectivity index (χ0n) is 13.0. The summed E-state index contributed by atoms with van der Waals surface area (Å²) in [6.45, 7) is 11.5. The fourth-order valence-electron chi connectivity index (χ4n) is 1.38. The Bertz CT molecular complexity index is 492. The molecule has 6 heteroatoms. The maximum atomic E-state index is 11.7. The molecule has 112 valence electrons. The highest BCUT2D eigenvalue weighted by atomic mass is 16.2. The number of hydrogen-bond donors (Lipinski definition) is 3. The number of rotatable bonds is 3. The molecule has 0 unspecified atom stereocenters. The number of carbonyl (C=O) groups excluding carboxylic acids is 2. The van der Waals surface area contributed by atoms with Crippen LogP contribution < -0.4 is 10.6 Å². The number of hydrogen-bond acceptors (Lipinski definition) is 3. The van der Waals surface area contributed by atoms with E-state index in [-0.39, 0.29) is 23.8 Å². The molecule has 1 aromatic heterocycles. The molecule has 1 rings (SSSR count). The number of anilines is 1. The first-order valence-electron chi connectivity index (χ1n) is 6.64. The van der Waals surface area contributed by atoms with Crippen LogP contribution in [0.5, 0.6) is 0 Å². The lowest BCUT2D eigenvalue weighted by molar-refractivity contribution is -0.130. The maximum absolute atomic E-state index is 11.7. The second kappa shape index (κ2) is 5.64. The van der Waals surface area contributed by atoms with Crippen molar-refractivity contribution in [3.05, 3.63) is 11.8 Å². The number of nitrogens with one attached hydrogen (secondary N) is 3. The van der Waals surface area contributed by atoms with Gasteiger partial charge in [-0.2, -0.15) is 5.10 Å². The lowest BCUT2D eigenvalue weighted by Gasteiger charge is -2.17. The summed E-state index contributed by atoms with van der Waals surface area (Å²) in [5.74, 6) is 0.00421. The molecule has 20 heavy (non-hydrogen) atoms. The first kappa shape index (κ1) is 16.2. The predicted octanol–water partition coefficient (Wildman–Crippen LogP) is 1.81. The van der Waals surface area contributed by atoms with Crippen LogP contribution in [0.2, 0.25) is 0 Å². The van der Waals surface area contributed by atoms with Gasteiger partial charge in [0.15, 0.2) is 5.82 Å². The van der Waals surface area contributed by atoms with Crippen LogP contribution in [0.15, 0.2) is 6.07 Å². The Balaban J connectivity index is 2.51. The summed E-state index contributed by atoms with van der Waals surface area (Å²) < 4.78 is 0. The molecule has 0 aliphatic heterocycles. The largest absolute Gasteiger partial charge is 0.347 e. The standard InChI is InChI=1S/C14H24N4O2/c1-13(2,3)9-7-10(18-17-9)16-11(19)8-15-12(20)14(4,5)6/h7H,8H2,1-6H3,(H,15,20)(H2,16,17,18,19). The molecule has 2 amide bonds. The third-order valence-corrected chi connectivity index (χ3v) is 2.74. The Kier molecular flexibility index (Phi) is 4.57. The number of amides is 2. The van der Waals surface area contributed by atoms with Gasteiger partial charge in [0.1, 0.15) is 0 Å². The second-order valence-corrected chi connectivity index (χ2v) is 6.90. The predicted molar refractivity (Wildman–Crippen MR) is 78.4 cm³/mol. The molecular weight excluding hydrogens is 256 g/mol. The molecule has 1 aromatic rings. The smallest absolute Gasteiger partial charge is 0.244 e. The van der Waals surface area contributed by atoms with Gasteiger partial charge in [0.05, 0.1) is 6.54 Å². The van der Waals surface area contributed by atoms with Crippen LogP contribution in [0.3, 0.4) is 0 Å². The van der Waals surface area contributed by atoms with Crippen molar-refractivity contribution in [3.8, 4) is 0 Å². The van der Waals surface area contributed by atoms with Gasteiger partial charge in [-0.3, -0.25) is 14.7 Å². The number of nitrogens with zero attached hydrogens (tertiary/aromatic N) is 1. The summed E-state index contributed by atoms with van der Waals surface area (Å²) in [5.41, 5.74) is 0.370. The minimum absolute atomic E-state index is 0.0591. The Morgan fingerprint density at radius 2 is 1.80 bits per heavy atom. The highest BCUT2D eigenvalue weighted by Crippen LogP contribution is 2.21. The monoisotopic (exact) mass is 280 g/mol. The Morgan fingerprint density at radius 1 is 1.20 bits per heavy atom. The molecule has 6 nitrogen and oxygen atoms in total. The molecule has 0 saturated carbocycles. The van der Waals surface area contributed by atoms with Gasteiger partial charge >= 0.3 is 0 Å². The minimum Gasteiger partial charge on any atom is -0.347 e. The van der Waals surface area contributed by atoms with Crippen LogP contribution >= 0.6 is 0 Å². The average Bonchev–Trinajstić information content (AvgIpc) is 2.72. The summed E-state index contributed by atoms with van der Waals surface area (Å²) in [4.78, 5) is 23.4. The third kappa shape index (κ3) is 4.68. The normalized spacial score (nSPS) is 12.1. The van der Waals surface area contributed by atoms with E-state index < -0.39 is 5.41 Å². The molecule has 0 aliphatic rings. The van der Waals surface area contributed by atoms with Gasteiger partial charge < -0.3 is 10.6 Å². The van der Waals surface area contributed by atoms with Crippen LogP contribution in [0.1, 0.15) is 47.2 Å². The number of aromatic amines is 1. The van der Waals surface area contributed by atoms with Crippen molar-refractivity contribution >= 4 is 17.6 Å². The van der Waals surface area contributed by atoms with Gasteiger partial charge in [-0.15, -0.1) is 0 Å². The fraction of sp³-hybridized carbons (Fsp3) is 0.643. The lowest BCUT2D eigenvalue weighted by Crippen LogP contribution is -2.39. The van der Waals surface area contributed by atoms with E-state index in [1.807, 2.05) is 0 Å². The lowest BCUT2D eigenvalue weighted by atomic mass is 9.92. The molecule has 0 fully saturated rings. The molecular formula is C14H24N4O2. The van der Waals surface area contributed by atoms with Gasteiger partial charge in [0.25, 0.3) is 0 Å².